The zero-order chi connectivity index (χ0) is 28.7. The molecule has 1 radical (unpaired) electrons. The Balaban J connectivity index is 0.000000193. The van der Waals surface area contributed by atoms with Crippen LogP contribution in [0.5, 0.6) is 0 Å². The molecule has 1 aliphatic carbocycles. The molecule has 2 aromatic heterocycles. The summed E-state index contributed by atoms with van der Waals surface area (Å²) >= 11 is 0. The zero-order valence-electron chi connectivity index (χ0n) is 25.1. The molecule has 0 amide bonds. The summed E-state index contributed by atoms with van der Waals surface area (Å²) in [5.74, 6) is 1.49. The van der Waals surface area contributed by atoms with Crippen molar-refractivity contribution < 1.29 is 20.1 Å². The van der Waals surface area contributed by atoms with Crippen LogP contribution in [0.3, 0.4) is 0 Å². The predicted molar refractivity (Wildman–Crippen MR) is 176 cm³/mol. The van der Waals surface area contributed by atoms with Crippen LogP contribution < -0.4 is 5.19 Å². The molecule has 217 valence electrons. The van der Waals surface area contributed by atoms with Gasteiger partial charge in [-0.15, -0.1) is 71.8 Å². The standard InChI is InChI=1S/C21H28NSi.C17H12N.Ir/c1-16(17-10-8-9-11-17)19-14-20(18-12-6-5-7-13-18)22-15-21(19)23(2,3)4;1-3-7-14(8-4-1)16-11-12-18-17(13-16)15-9-5-2-6-10-15;/h5-7,12,14-17H,8-11H2,1-4H3;1-9,11-13H;/q2*-1;. The molecule has 1 saturated carbocycles. The number of pyridine rings is 2. The average molecular weight is 745 g/mol. The van der Waals surface area contributed by atoms with E-state index in [-0.39, 0.29) is 20.1 Å². The van der Waals surface area contributed by atoms with Crippen LogP contribution in [0.4, 0.5) is 0 Å². The van der Waals surface area contributed by atoms with Gasteiger partial charge in [0.2, 0.25) is 0 Å². The summed E-state index contributed by atoms with van der Waals surface area (Å²) < 4.78 is 0. The van der Waals surface area contributed by atoms with Crippen molar-refractivity contribution in [3.05, 3.63) is 127 Å². The normalized spacial score (nSPS) is 13.9. The van der Waals surface area contributed by atoms with Gasteiger partial charge in [-0.05, 0) is 58.4 Å². The van der Waals surface area contributed by atoms with Crippen molar-refractivity contribution in [2.45, 2.75) is 58.2 Å². The van der Waals surface area contributed by atoms with Crippen molar-refractivity contribution in [1.82, 2.24) is 9.97 Å². The molecule has 1 fully saturated rings. The second kappa shape index (κ2) is 14.8. The minimum atomic E-state index is -1.39. The van der Waals surface area contributed by atoms with E-state index in [9.17, 15) is 0 Å². The Labute approximate surface area is 267 Å². The van der Waals surface area contributed by atoms with Crippen LogP contribution in [0.1, 0.15) is 44.1 Å². The smallest absolute Gasteiger partial charge is 0.0799 e. The molecule has 5 aromatic rings. The van der Waals surface area contributed by atoms with Crippen molar-refractivity contribution in [2.75, 3.05) is 0 Å². The van der Waals surface area contributed by atoms with E-state index in [1.54, 1.807) is 5.56 Å². The molecule has 4 heteroatoms. The summed E-state index contributed by atoms with van der Waals surface area (Å²) in [5, 5.41) is 1.54. The predicted octanol–water partition coefficient (Wildman–Crippen LogP) is 9.60. The first-order chi connectivity index (χ1) is 19.9. The Morgan fingerprint density at radius 2 is 1.31 bits per heavy atom. The van der Waals surface area contributed by atoms with Crippen molar-refractivity contribution >= 4 is 13.3 Å². The van der Waals surface area contributed by atoms with Crippen LogP contribution in [0.25, 0.3) is 33.6 Å². The van der Waals surface area contributed by atoms with E-state index in [1.807, 2.05) is 66.9 Å². The quantitative estimate of drug-likeness (QED) is 0.128. The molecular weight excluding hydrogens is 705 g/mol. The molecule has 2 nitrogen and oxygen atoms in total. The van der Waals surface area contributed by atoms with Gasteiger partial charge in [-0.2, -0.15) is 0 Å². The van der Waals surface area contributed by atoms with Gasteiger partial charge < -0.3 is 9.97 Å². The summed E-state index contributed by atoms with van der Waals surface area (Å²) in [7, 11) is -1.39. The maximum absolute atomic E-state index is 4.79. The molecule has 0 bridgehead atoms. The molecular formula is C38H40IrN2Si-2. The summed E-state index contributed by atoms with van der Waals surface area (Å²) in [5.41, 5.74) is 8.10. The zero-order valence-corrected chi connectivity index (χ0v) is 28.5. The van der Waals surface area contributed by atoms with E-state index >= 15 is 0 Å². The van der Waals surface area contributed by atoms with E-state index in [0.29, 0.717) is 5.92 Å². The topological polar surface area (TPSA) is 25.8 Å². The fraction of sp³-hybridized carbons (Fsp3) is 0.263. The van der Waals surface area contributed by atoms with E-state index in [2.05, 4.69) is 86.3 Å². The number of nitrogens with zero attached hydrogens (tertiary/aromatic N) is 2. The molecule has 0 aliphatic heterocycles. The minimum Gasteiger partial charge on any atom is -0.305 e. The molecule has 1 atom stereocenters. The van der Waals surface area contributed by atoms with E-state index in [1.165, 1.54) is 42.0 Å². The molecule has 0 N–H and O–H groups in total. The fourth-order valence-electron chi connectivity index (χ4n) is 5.83. The van der Waals surface area contributed by atoms with Gasteiger partial charge in [-0.1, -0.05) is 87.4 Å². The van der Waals surface area contributed by atoms with Gasteiger partial charge in [-0.25, -0.2) is 0 Å². The SMILES string of the molecule is CC(c1cc(-c2[c-]cccc2)ncc1[Si](C)(C)C)C1CCCC1.[Ir].[c-]1ccccc1-c1cc(-c2ccccc2)ccn1. The third-order valence-electron chi connectivity index (χ3n) is 8.18. The molecule has 6 rings (SSSR count). The first kappa shape index (κ1) is 31.8. The molecule has 0 saturated heterocycles. The van der Waals surface area contributed by atoms with Crippen molar-refractivity contribution in [1.29, 1.82) is 0 Å². The van der Waals surface area contributed by atoms with Crippen LogP contribution >= 0.6 is 0 Å². The van der Waals surface area contributed by atoms with E-state index in [0.717, 1.165) is 28.4 Å². The Bertz CT molecular complexity index is 1470. The van der Waals surface area contributed by atoms with Gasteiger partial charge in [0.15, 0.2) is 0 Å². The summed E-state index contributed by atoms with van der Waals surface area (Å²) in [6.45, 7) is 9.74. The summed E-state index contributed by atoms with van der Waals surface area (Å²) in [4.78, 5) is 9.19. The maximum atomic E-state index is 4.79. The Morgan fingerprint density at radius 3 is 1.88 bits per heavy atom. The summed E-state index contributed by atoms with van der Waals surface area (Å²) in [6, 6.07) is 39.4. The molecule has 1 aliphatic rings. The third kappa shape index (κ3) is 8.01. The Kier molecular flexibility index (Phi) is 11.2. The molecule has 2 heterocycles. The van der Waals surface area contributed by atoms with Crippen LogP contribution in [0.15, 0.2) is 109 Å². The van der Waals surface area contributed by atoms with Gasteiger partial charge in [0.1, 0.15) is 0 Å². The maximum Gasteiger partial charge on any atom is 0.0799 e. The number of rotatable bonds is 6. The van der Waals surface area contributed by atoms with Gasteiger partial charge in [0, 0.05) is 32.5 Å². The molecule has 1 unspecified atom stereocenters. The van der Waals surface area contributed by atoms with Gasteiger partial charge in [-0.3, -0.25) is 0 Å². The Hall–Kier alpha value is -3.17. The van der Waals surface area contributed by atoms with Gasteiger partial charge >= 0.3 is 0 Å². The third-order valence-corrected chi connectivity index (χ3v) is 10.2. The first-order valence-corrected chi connectivity index (χ1v) is 18.4. The van der Waals surface area contributed by atoms with E-state index in [4.69, 9.17) is 4.98 Å². The van der Waals surface area contributed by atoms with Crippen molar-refractivity contribution in [2.24, 2.45) is 5.92 Å². The van der Waals surface area contributed by atoms with Crippen LogP contribution in [0, 0.1) is 18.1 Å². The Morgan fingerprint density at radius 1 is 0.714 bits per heavy atom. The van der Waals surface area contributed by atoms with Crippen molar-refractivity contribution in [3.8, 4) is 33.6 Å². The molecule has 3 aromatic carbocycles. The second-order valence-corrected chi connectivity index (χ2v) is 17.1. The molecule has 42 heavy (non-hydrogen) atoms. The van der Waals surface area contributed by atoms with Gasteiger partial charge in [0.25, 0.3) is 0 Å². The minimum absolute atomic E-state index is 0. The summed E-state index contributed by atoms with van der Waals surface area (Å²) in [6.07, 6.45) is 9.61. The largest absolute Gasteiger partial charge is 0.305 e. The number of aromatic nitrogens is 2. The van der Waals surface area contributed by atoms with Crippen molar-refractivity contribution in [3.63, 3.8) is 0 Å². The number of hydrogen-bond donors (Lipinski definition) is 0. The van der Waals surface area contributed by atoms with E-state index < -0.39 is 8.07 Å². The van der Waals surface area contributed by atoms with Gasteiger partial charge in [0.05, 0.1) is 8.07 Å². The van der Waals surface area contributed by atoms with Crippen LogP contribution in [0.2, 0.25) is 19.6 Å². The van der Waals surface area contributed by atoms with Crippen LogP contribution in [-0.4, -0.2) is 18.0 Å². The fourth-order valence-corrected chi connectivity index (χ4v) is 7.44. The van der Waals surface area contributed by atoms with Crippen LogP contribution in [-0.2, 0) is 20.1 Å². The molecule has 0 spiro atoms. The first-order valence-electron chi connectivity index (χ1n) is 14.9. The number of benzene rings is 3. The average Bonchev–Trinajstić information content (AvgIpc) is 3.57. The number of hydrogen-bond acceptors (Lipinski definition) is 2. The second-order valence-electron chi connectivity index (χ2n) is 12.1. The monoisotopic (exact) mass is 745 g/mol.